The summed E-state index contributed by atoms with van der Waals surface area (Å²) in [5.41, 5.74) is 1.50. The van der Waals surface area contributed by atoms with Crippen LogP contribution < -0.4 is 15.4 Å². The molecule has 3 aromatic rings. The SMILES string of the molecule is COc1ccc(C(=O)NCC(=O)Nc2ccnn2Cc2ccc(Br)cc2)cc1. The zero-order chi connectivity index (χ0) is 19.9. The molecule has 0 spiro atoms. The molecule has 28 heavy (non-hydrogen) atoms. The standard InChI is InChI=1S/C20H19BrN4O3/c1-28-17-8-4-15(5-9-17)20(27)22-12-19(26)24-18-10-11-23-25(18)13-14-2-6-16(21)7-3-14/h2-11H,12-13H2,1H3,(H,22,27)(H,24,26). The molecule has 0 bridgehead atoms. The monoisotopic (exact) mass is 442 g/mol. The molecule has 1 aromatic heterocycles. The van der Waals surface area contributed by atoms with Crippen molar-refractivity contribution in [1.29, 1.82) is 0 Å². The number of carbonyl (C=O) groups is 2. The van der Waals surface area contributed by atoms with Crippen LogP contribution in [0, 0.1) is 0 Å². The first-order chi connectivity index (χ1) is 13.5. The van der Waals surface area contributed by atoms with Crippen molar-refractivity contribution in [3.05, 3.63) is 76.4 Å². The van der Waals surface area contributed by atoms with Gasteiger partial charge in [-0.1, -0.05) is 28.1 Å². The van der Waals surface area contributed by atoms with Gasteiger partial charge in [0.25, 0.3) is 5.91 Å². The number of methoxy groups -OCH3 is 1. The molecule has 0 aliphatic heterocycles. The van der Waals surface area contributed by atoms with Gasteiger partial charge in [0.15, 0.2) is 0 Å². The molecule has 0 aliphatic carbocycles. The zero-order valence-corrected chi connectivity index (χ0v) is 16.8. The summed E-state index contributed by atoms with van der Waals surface area (Å²) in [6.07, 6.45) is 1.62. The molecule has 3 rings (SSSR count). The van der Waals surface area contributed by atoms with E-state index >= 15 is 0 Å². The van der Waals surface area contributed by atoms with Gasteiger partial charge in [0.2, 0.25) is 5.91 Å². The van der Waals surface area contributed by atoms with E-state index in [9.17, 15) is 9.59 Å². The van der Waals surface area contributed by atoms with E-state index < -0.39 is 0 Å². The van der Waals surface area contributed by atoms with Crippen LogP contribution in [0.15, 0.2) is 65.3 Å². The lowest BCUT2D eigenvalue weighted by atomic mass is 10.2. The van der Waals surface area contributed by atoms with Gasteiger partial charge in [-0.25, -0.2) is 4.68 Å². The summed E-state index contributed by atoms with van der Waals surface area (Å²) >= 11 is 3.40. The van der Waals surface area contributed by atoms with Crippen molar-refractivity contribution in [3.63, 3.8) is 0 Å². The number of aromatic nitrogens is 2. The van der Waals surface area contributed by atoms with Crippen molar-refractivity contribution in [2.24, 2.45) is 0 Å². The van der Waals surface area contributed by atoms with Gasteiger partial charge in [-0.2, -0.15) is 5.10 Å². The van der Waals surface area contributed by atoms with Gasteiger partial charge in [0.05, 0.1) is 26.4 Å². The summed E-state index contributed by atoms with van der Waals surface area (Å²) in [5, 5.41) is 9.60. The number of rotatable bonds is 7. The first-order valence-electron chi connectivity index (χ1n) is 8.53. The smallest absolute Gasteiger partial charge is 0.251 e. The van der Waals surface area contributed by atoms with Crippen molar-refractivity contribution < 1.29 is 14.3 Å². The minimum atomic E-state index is -0.334. The molecule has 2 amide bonds. The third-order valence-corrected chi connectivity index (χ3v) is 4.52. The minimum absolute atomic E-state index is 0.145. The van der Waals surface area contributed by atoms with E-state index in [4.69, 9.17) is 4.74 Å². The van der Waals surface area contributed by atoms with Crippen molar-refractivity contribution in [1.82, 2.24) is 15.1 Å². The van der Waals surface area contributed by atoms with Crippen molar-refractivity contribution in [2.75, 3.05) is 19.0 Å². The second-order valence-corrected chi connectivity index (χ2v) is 6.88. The average molecular weight is 443 g/mol. The lowest BCUT2D eigenvalue weighted by Gasteiger charge is -2.10. The number of hydrogen-bond donors (Lipinski definition) is 2. The molecule has 0 radical (unpaired) electrons. The number of ether oxygens (including phenoxy) is 1. The Morgan fingerprint density at radius 2 is 1.79 bits per heavy atom. The van der Waals surface area contributed by atoms with Gasteiger partial charge in [-0.3, -0.25) is 9.59 Å². The van der Waals surface area contributed by atoms with Crippen molar-refractivity contribution in [3.8, 4) is 5.75 Å². The lowest BCUT2D eigenvalue weighted by Crippen LogP contribution is -2.33. The third kappa shape index (κ3) is 5.20. The van der Waals surface area contributed by atoms with Crippen LogP contribution in [0.5, 0.6) is 5.75 Å². The highest BCUT2D eigenvalue weighted by molar-refractivity contribution is 9.10. The number of amides is 2. The molecule has 7 nitrogen and oxygen atoms in total. The van der Waals surface area contributed by atoms with E-state index in [0.29, 0.717) is 23.7 Å². The fourth-order valence-corrected chi connectivity index (χ4v) is 2.78. The van der Waals surface area contributed by atoms with E-state index in [1.165, 1.54) is 0 Å². The Bertz CT molecular complexity index is 952. The van der Waals surface area contributed by atoms with Crippen LogP contribution in [-0.2, 0) is 11.3 Å². The Morgan fingerprint density at radius 3 is 2.46 bits per heavy atom. The van der Waals surface area contributed by atoms with Gasteiger partial charge in [0.1, 0.15) is 11.6 Å². The van der Waals surface area contributed by atoms with Crippen molar-refractivity contribution in [2.45, 2.75) is 6.54 Å². The molecule has 0 saturated carbocycles. The summed E-state index contributed by atoms with van der Waals surface area (Å²) < 4.78 is 7.74. The number of benzene rings is 2. The Labute approximate surface area is 170 Å². The fourth-order valence-electron chi connectivity index (χ4n) is 2.52. The summed E-state index contributed by atoms with van der Waals surface area (Å²) in [6.45, 7) is 0.377. The zero-order valence-electron chi connectivity index (χ0n) is 15.2. The fraction of sp³-hybridized carbons (Fsp3) is 0.150. The molecule has 144 valence electrons. The third-order valence-electron chi connectivity index (χ3n) is 3.99. The first-order valence-corrected chi connectivity index (χ1v) is 9.33. The van der Waals surface area contributed by atoms with Crippen LogP contribution in [0.4, 0.5) is 5.82 Å². The highest BCUT2D eigenvalue weighted by Crippen LogP contribution is 2.14. The van der Waals surface area contributed by atoms with E-state index in [-0.39, 0.29) is 18.4 Å². The number of nitrogens with zero attached hydrogens (tertiary/aromatic N) is 2. The second-order valence-electron chi connectivity index (χ2n) is 5.96. The second kappa shape index (κ2) is 9.18. The normalized spacial score (nSPS) is 10.4. The first kappa shape index (κ1) is 19.6. The summed E-state index contributed by atoms with van der Waals surface area (Å²) in [4.78, 5) is 24.3. The molecule has 2 N–H and O–H groups in total. The Hall–Kier alpha value is -3.13. The number of halogens is 1. The van der Waals surface area contributed by atoms with Gasteiger partial charge >= 0.3 is 0 Å². The number of nitrogens with one attached hydrogen (secondary N) is 2. The molecule has 0 atom stereocenters. The van der Waals surface area contributed by atoms with Gasteiger partial charge < -0.3 is 15.4 Å². The van der Waals surface area contributed by atoms with E-state index in [0.717, 1.165) is 10.0 Å². The molecular weight excluding hydrogens is 424 g/mol. The average Bonchev–Trinajstić information content (AvgIpc) is 3.14. The van der Waals surface area contributed by atoms with Crippen LogP contribution in [0.3, 0.4) is 0 Å². The molecule has 0 saturated heterocycles. The number of hydrogen-bond acceptors (Lipinski definition) is 4. The van der Waals surface area contributed by atoms with Crippen LogP contribution >= 0.6 is 15.9 Å². The van der Waals surface area contributed by atoms with E-state index in [1.807, 2.05) is 24.3 Å². The van der Waals surface area contributed by atoms with Gasteiger partial charge in [-0.05, 0) is 42.0 Å². The van der Waals surface area contributed by atoms with Crippen LogP contribution in [0.2, 0.25) is 0 Å². The summed E-state index contributed by atoms with van der Waals surface area (Å²) in [7, 11) is 1.56. The molecule has 2 aromatic carbocycles. The van der Waals surface area contributed by atoms with Gasteiger partial charge in [-0.15, -0.1) is 0 Å². The molecule has 0 unspecified atom stereocenters. The topological polar surface area (TPSA) is 85.2 Å². The molecular formula is C20H19BrN4O3. The molecule has 1 heterocycles. The maximum Gasteiger partial charge on any atom is 0.251 e. The predicted octanol–water partition coefficient (Wildman–Crippen LogP) is 3.07. The maximum absolute atomic E-state index is 12.2. The van der Waals surface area contributed by atoms with Crippen LogP contribution in [-0.4, -0.2) is 35.2 Å². The highest BCUT2D eigenvalue weighted by Gasteiger charge is 2.11. The maximum atomic E-state index is 12.2. The Balaban J connectivity index is 1.54. The number of anilines is 1. The summed E-state index contributed by atoms with van der Waals surface area (Å²) in [5.74, 6) is 0.556. The van der Waals surface area contributed by atoms with E-state index in [2.05, 4.69) is 31.7 Å². The van der Waals surface area contributed by atoms with Gasteiger partial charge in [0, 0.05) is 16.1 Å². The molecule has 8 heteroatoms. The Morgan fingerprint density at radius 1 is 1.07 bits per heavy atom. The summed E-state index contributed by atoms with van der Waals surface area (Å²) in [6, 6.07) is 16.2. The minimum Gasteiger partial charge on any atom is -0.497 e. The predicted molar refractivity (Wildman–Crippen MR) is 109 cm³/mol. The lowest BCUT2D eigenvalue weighted by molar-refractivity contribution is -0.115. The Kier molecular flexibility index (Phi) is 6.44. The molecule has 0 fully saturated rings. The largest absolute Gasteiger partial charge is 0.497 e. The van der Waals surface area contributed by atoms with Crippen LogP contribution in [0.1, 0.15) is 15.9 Å². The molecule has 0 aliphatic rings. The van der Waals surface area contributed by atoms with Crippen LogP contribution in [0.25, 0.3) is 0 Å². The van der Waals surface area contributed by atoms with E-state index in [1.54, 1.807) is 48.3 Å². The quantitative estimate of drug-likeness (QED) is 0.588. The van der Waals surface area contributed by atoms with Crippen molar-refractivity contribution >= 4 is 33.6 Å². The number of carbonyl (C=O) groups excluding carboxylic acids is 2. The highest BCUT2D eigenvalue weighted by atomic mass is 79.9.